The van der Waals surface area contributed by atoms with E-state index < -0.39 is 0 Å². The number of fused-ring (bicyclic) bond motifs is 6. The SMILES string of the molecule is Cc1cc(C)cc(-n2c3ccccc3c3cc(-c4ccc5c(c4)c4ccccc4n5-c4cc(-c5ccccc5)cc(-c5ccccc5)n4)ccc32)c1. The number of rotatable bonds is 5. The van der Waals surface area contributed by atoms with Crippen molar-refractivity contribution in [3.63, 3.8) is 0 Å². The molecule has 0 saturated heterocycles. The maximum Gasteiger partial charge on any atom is 0.138 e. The third-order valence-electron chi connectivity index (χ3n) is 10.4. The fraction of sp³-hybridized carbons (Fsp3) is 0.0408. The first-order chi connectivity index (χ1) is 25.6. The standard InChI is InChI=1S/C49H35N3/c1-32-25-33(2)27-39(26-32)51-45-19-11-9-17-40(45)42-28-36(21-23-47(42)51)37-22-24-48-43(29-37)41-18-10-12-20-46(41)52(48)49-31-38(34-13-5-3-6-14-34)30-44(50-49)35-15-7-4-8-16-35/h3-31H,1-2H3. The number of pyridine rings is 1. The molecule has 0 amide bonds. The fourth-order valence-electron chi connectivity index (χ4n) is 8.09. The van der Waals surface area contributed by atoms with Crippen molar-refractivity contribution in [3.8, 4) is 45.0 Å². The van der Waals surface area contributed by atoms with E-state index in [1.165, 1.54) is 66.1 Å². The third-order valence-corrected chi connectivity index (χ3v) is 10.4. The number of para-hydroxylation sites is 2. The molecule has 3 aromatic heterocycles. The van der Waals surface area contributed by atoms with E-state index in [4.69, 9.17) is 4.98 Å². The summed E-state index contributed by atoms with van der Waals surface area (Å²) in [7, 11) is 0. The molecule has 246 valence electrons. The van der Waals surface area contributed by atoms with Gasteiger partial charge in [0.05, 0.1) is 27.8 Å². The van der Waals surface area contributed by atoms with Gasteiger partial charge in [-0.3, -0.25) is 4.57 Å². The number of benzene rings is 7. The molecule has 0 N–H and O–H groups in total. The summed E-state index contributed by atoms with van der Waals surface area (Å²) in [6, 6.07) is 63.6. The molecule has 10 rings (SSSR count). The normalized spacial score (nSPS) is 11.7. The van der Waals surface area contributed by atoms with Gasteiger partial charge in [0.1, 0.15) is 5.82 Å². The van der Waals surface area contributed by atoms with Gasteiger partial charge in [-0.1, -0.05) is 115 Å². The Hall–Kier alpha value is -6.71. The van der Waals surface area contributed by atoms with Crippen molar-refractivity contribution in [2.24, 2.45) is 0 Å². The summed E-state index contributed by atoms with van der Waals surface area (Å²) >= 11 is 0. The lowest BCUT2D eigenvalue weighted by atomic mass is 10.0. The molecule has 7 aromatic carbocycles. The van der Waals surface area contributed by atoms with Crippen molar-refractivity contribution in [2.75, 3.05) is 0 Å². The van der Waals surface area contributed by atoms with Gasteiger partial charge in [0.15, 0.2) is 0 Å². The van der Waals surface area contributed by atoms with Gasteiger partial charge in [0, 0.05) is 32.8 Å². The Bertz CT molecular complexity index is 2890. The zero-order chi connectivity index (χ0) is 34.8. The van der Waals surface area contributed by atoms with Crippen molar-refractivity contribution >= 4 is 43.6 Å². The predicted molar refractivity (Wildman–Crippen MR) is 219 cm³/mol. The van der Waals surface area contributed by atoms with Crippen LogP contribution in [-0.4, -0.2) is 14.1 Å². The van der Waals surface area contributed by atoms with E-state index >= 15 is 0 Å². The van der Waals surface area contributed by atoms with Crippen molar-refractivity contribution in [1.29, 1.82) is 0 Å². The second kappa shape index (κ2) is 12.0. The van der Waals surface area contributed by atoms with Crippen LogP contribution in [0.15, 0.2) is 176 Å². The average Bonchev–Trinajstić information content (AvgIpc) is 3.70. The molecule has 3 nitrogen and oxygen atoms in total. The monoisotopic (exact) mass is 665 g/mol. The summed E-state index contributed by atoms with van der Waals surface area (Å²) in [6.07, 6.45) is 0. The Morgan fingerprint density at radius 1 is 0.346 bits per heavy atom. The lowest BCUT2D eigenvalue weighted by Crippen LogP contribution is -2.00. The molecule has 0 unspecified atom stereocenters. The minimum absolute atomic E-state index is 0.903. The maximum absolute atomic E-state index is 5.31. The van der Waals surface area contributed by atoms with Gasteiger partial charge in [0.25, 0.3) is 0 Å². The Morgan fingerprint density at radius 3 is 1.46 bits per heavy atom. The van der Waals surface area contributed by atoms with Crippen LogP contribution in [0.3, 0.4) is 0 Å². The van der Waals surface area contributed by atoms with Crippen LogP contribution in [0.25, 0.3) is 88.6 Å². The zero-order valence-corrected chi connectivity index (χ0v) is 29.1. The van der Waals surface area contributed by atoms with Gasteiger partial charge in [0.2, 0.25) is 0 Å². The number of aryl methyl sites for hydroxylation is 2. The molecular weight excluding hydrogens is 631 g/mol. The van der Waals surface area contributed by atoms with Gasteiger partial charge >= 0.3 is 0 Å². The first-order valence-corrected chi connectivity index (χ1v) is 17.9. The number of hydrogen-bond acceptors (Lipinski definition) is 1. The molecule has 3 heterocycles. The molecule has 0 fully saturated rings. The first-order valence-electron chi connectivity index (χ1n) is 17.9. The Labute approximate surface area is 302 Å². The van der Waals surface area contributed by atoms with Gasteiger partial charge in [-0.2, -0.15) is 0 Å². The first kappa shape index (κ1) is 30.1. The Kier molecular flexibility index (Phi) is 6.94. The second-order valence-electron chi connectivity index (χ2n) is 13.8. The summed E-state index contributed by atoms with van der Waals surface area (Å²) in [4.78, 5) is 5.31. The van der Waals surface area contributed by atoms with Crippen LogP contribution >= 0.6 is 0 Å². The predicted octanol–water partition coefficient (Wildman–Crippen LogP) is 12.9. The third kappa shape index (κ3) is 4.93. The molecule has 10 aromatic rings. The molecule has 0 atom stereocenters. The number of aromatic nitrogens is 3. The molecule has 0 aliphatic heterocycles. The molecule has 0 saturated carbocycles. The highest BCUT2D eigenvalue weighted by molar-refractivity contribution is 6.12. The van der Waals surface area contributed by atoms with Crippen LogP contribution < -0.4 is 0 Å². The Morgan fingerprint density at radius 2 is 0.846 bits per heavy atom. The molecule has 0 spiro atoms. The van der Waals surface area contributed by atoms with Gasteiger partial charge in [-0.25, -0.2) is 4.98 Å². The quantitative estimate of drug-likeness (QED) is 0.179. The molecule has 0 aliphatic carbocycles. The highest BCUT2D eigenvalue weighted by Gasteiger charge is 2.18. The van der Waals surface area contributed by atoms with Crippen LogP contribution in [0.2, 0.25) is 0 Å². The lowest BCUT2D eigenvalue weighted by molar-refractivity contribution is 1.08. The molecule has 0 aliphatic rings. The molecule has 52 heavy (non-hydrogen) atoms. The van der Waals surface area contributed by atoms with Crippen LogP contribution in [-0.2, 0) is 0 Å². The van der Waals surface area contributed by atoms with Gasteiger partial charge in [-0.05, 0) is 108 Å². The maximum atomic E-state index is 5.31. The van der Waals surface area contributed by atoms with E-state index in [9.17, 15) is 0 Å². The number of nitrogens with zero attached hydrogens (tertiary/aromatic N) is 3. The number of hydrogen-bond donors (Lipinski definition) is 0. The van der Waals surface area contributed by atoms with E-state index in [-0.39, 0.29) is 0 Å². The van der Waals surface area contributed by atoms with Gasteiger partial charge in [-0.15, -0.1) is 0 Å². The minimum Gasteiger partial charge on any atom is -0.309 e. The minimum atomic E-state index is 0.903. The van der Waals surface area contributed by atoms with Crippen molar-refractivity contribution in [1.82, 2.24) is 14.1 Å². The lowest BCUT2D eigenvalue weighted by Gasteiger charge is -2.13. The highest BCUT2D eigenvalue weighted by atomic mass is 15.1. The van der Waals surface area contributed by atoms with Crippen molar-refractivity contribution in [2.45, 2.75) is 13.8 Å². The van der Waals surface area contributed by atoms with Crippen LogP contribution in [0.1, 0.15) is 11.1 Å². The summed E-state index contributed by atoms with van der Waals surface area (Å²) in [5.41, 5.74) is 15.2. The van der Waals surface area contributed by atoms with Crippen LogP contribution in [0, 0.1) is 13.8 Å². The fourth-order valence-corrected chi connectivity index (χ4v) is 8.09. The van der Waals surface area contributed by atoms with Crippen molar-refractivity contribution < 1.29 is 0 Å². The van der Waals surface area contributed by atoms with E-state index in [2.05, 4.69) is 199 Å². The summed E-state index contributed by atoms with van der Waals surface area (Å²) in [6.45, 7) is 4.35. The topological polar surface area (TPSA) is 22.8 Å². The summed E-state index contributed by atoms with van der Waals surface area (Å²) in [5.74, 6) is 0.903. The van der Waals surface area contributed by atoms with Gasteiger partial charge < -0.3 is 4.57 Å². The van der Waals surface area contributed by atoms with E-state index in [1.54, 1.807) is 0 Å². The van der Waals surface area contributed by atoms with E-state index in [1.807, 2.05) is 0 Å². The zero-order valence-electron chi connectivity index (χ0n) is 29.1. The molecule has 0 radical (unpaired) electrons. The summed E-state index contributed by atoms with van der Waals surface area (Å²) < 4.78 is 4.74. The highest BCUT2D eigenvalue weighted by Crippen LogP contribution is 2.39. The van der Waals surface area contributed by atoms with Crippen LogP contribution in [0.4, 0.5) is 0 Å². The van der Waals surface area contributed by atoms with Crippen LogP contribution in [0.5, 0.6) is 0 Å². The van der Waals surface area contributed by atoms with Crippen molar-refractivity contribution in [3.05, 3.63) is 187 Å². The molecule has 0 bridgehead atoms. The molecular formula is C49H35N3. The smallest absolute Gasteiger partial charge is 0.138 e. The van der Waals surface area contributed by atoms with E-state index in [0.717, 1.165) is 33.7 Å². The van der Waals surface area contributed by atoms with E-state index in [0.29, 0.717) is 0 Å². The average molecular weight is 666 g/mol. The summed E-state index contributed by atoms with van der Waals surface area (Å²) in [5, 5.41) is 4.93. The second-order valence-corrected chi connectivity index (χ2v) is 13.8. The molecule has 3 heteroatoms. The largest absolute Gasteiger partial charge is 0.309 e. The Balaban J connectivity index is 1.17.